The van der Waals surface area contributed by atoms with Crippen LogP contribution in [0.2, 0.25) is 5.02 Å². The molecule has 13 heteroatoms. The number of benzene rings is 3. The van der Waals surface area contributed by atoms with Crippen LogP contribution in [0.5, 0.6) is 0 Å². The molecule has 3 unspecified atom stereocenters. The SMILES string of the molecule is Cc1ccccc1NC(=O)Cn1c2c(sc1=O)C(c1ccc(Cl)cc1)C1C(=O)N(c3ccc([N+](=O)[O-])cc3)C(=O)C1S2. The lowest BCUT2D eigenvalue weighted by molar-refractivity contribution is -0.384. The molecule has 212 valence electrons. The van der Waals surface area contributed by atoms with E-state index in [1.54, 1.807) is 36.4 Å². The Labute approximate surface area is 252 Å². The summed E-state index contributed by atoms with van der Waals surface area (Å²) < 4.78 is 1.35. The molecule has 1 N–H and O–H groups in total. The summed E-state index contributed by atoms with van der Waals surface area (Å²) in [6, 6.07) is 19.4. The minimum atomic E-state index is -0.888. The Hall–Kier alpha value is -4.26. The molecule has 0 spiro atoms. The molecule has 4 aromatic rings. The first-order valence-electron chi connectivity index (χ1n) is 12.8. The van der Waals surface area contributed by atoms with Crippen molar-refractivity contribution in [3.8, 4) is 0 Å². The molecule has 0 bridgehead atoms. The highest BCUT2D eigenvalue weighted by atomic mass is 35.5. The number of carbonyl (C=O) groups is 3. The van der Waals surface area contributed by atoms with E-state index in [0.29, 0.717) is 26.2 Å². The second-order valence-corrected chi connectivity index (χ2v) is 12.4. The van der Waals surface area contributed by atoms with E-state index in [-0.39, 0.29) is 22.8 Å². The maximum Gasteiger partial charge on any atom is 0.308 e. The number of anilines is 2. The number of imide groups is 1. The molecule has 6 rings (SSSR count). The Morgan fingerprint density at radius 1 is 1.00 bits per heavy atom. The number of non-ortho nitro benzene ring substituents is 1. The summed E-state index contributed by atoms with van der Waals surface area (Å²) in [4.78, 5) is 65.9. The number of rotatable bonds is 6. The summed E-state index contributed by atoms with van der Waals surface area (Å²) >= 11 is 8.18. The van der Waals surface area contributed by atoms with Gasteiger partial charge in [0.2, 0.25) is 17.7 Å². The quantitative estimate of drug-likeness (QED) is 0.178. The maximum atomic E-state index is 13.9. The Morgan fingerprint density at radius 2 is 1.69 bits per heavy atom. The van der Waals surface area contributed by atoms with Crippen molar-refractivity contribution in [3.05, 3.63) is 114 Å². The van der Waals surface area contributed by atoms with Gasteiger partial charge >= 0.3 is 4.87 Å². The smallest absolute Gasteiger partial charge is 0.308 e. The van der Waals surface area contributed by atoms with Crippen LogP contribution in [0.1, 0.15) is 21.9 Å². The highest BCUT2D eigenvalue weighted by Crippen LogP contribution is 2.54. The standard InChI is InChI=1S/C29H21ClN4O6S2/c1-15-4-2-3-5-20(15)31-21(35)14-32-28-25(42-29(32)38)22(16-6-8-17(30)9-7-16)23-24(41-28)27(37)33(26(23)36)18-10-12-19(13-11-18)34(39)40/h2-13,22-24H,14H2,1H3,(H,31,35). The third kappa shape index (κ3) is 4.81. The molecule has 10 nitrogen and oxygen atoms in total. The minimum absolute atomic E-state index is 0.168. The lowest BCUT2D eigenvalue weighted by Gasteiger charge is -2.30. The number of hydrogen-bond acceptors (Lipinski definition) is 8. The molecule has 3 heterocycles. The highest BCUT2D eigenvalue weighted by molar-refractivity contribution is 8.00. The Balaban J connectivity index is 1.40. The minimum Gasteiger partial charge on any atom is -0.324 e. The van der Waals surface area contributed by atoms with Crippen LogP contribution in [0.15, 0.2) is 82.6 Å². The number of amides is 3. The van der Waals surface area contributed by atoms with Crippen molar-refractivity contribution < 1.29 is 19.3 Å². The zero-order valence-corrected chi connectivity index (χ0v) is 24.2. The van der Waals surface area contributed by atoms with Crippen LogP contribution in [0.25, 0.3) is 0 Å². The molecule has 3 aromatic carbocycles. The fourth-order valence-electron chi connectivity index (χ4n) is 5.31. The molecule has 1 aromatic heterocycles. The molecular weight excluding hydrogens is 600 g/mol. The number of aryl methyl sites for hydroxylation is 1. The van der Waals surface area contributed by atoms with Gasteiger partial charge in [0.25, 0.3) is 5.69 Å². The van der Waals surface area contributed by atoms with Gasteiger partial charge in [-0.2, -0.15) is 0 Å². The predicted octanol–water partition coefficient (Wildman–Crippen LogP) is 5.21. The third-order valence-corrected chi connectivity index (χ3v) is 10.2. The van der Waals surface area contributed by atoms with Crippen molar-refractivity contribution in [1.82, 2.24) is 4.57 Å². The van der Waals surface area contributed by atoms with Gasteiger partial charge in [-0.1, -0.05) is 65.0 Å². The van der Waals surface area contributed by atoms with E-state index in [1.165, 1.54) is 28.8 Å². The van der Waals surface area contributed by atoms with Gasteiger partial charge in [-0.15, -0.1) is 0 Å². The van der Waals surface area contributed by atoms with Crippen LogP contribution in [0.4, 0.5) is 17.1 Å². The van der Waals surface area contributed by atoms with Crippen molar-refractivity contribution in [2.24, 2.45) is 5.92 Å². The van der Waals surface area contributed by atoms with Crippen molar-refractivity contribution in [1.29, 1.82) is 0 Å². The molecule has 3 atom stereocenters. The van der Waals surface area contributed by atoms with Gasteiger partial charge in [-0.25, -0.2) is 4.90 Å². The number of aromatic nitrogens is 1. The molecule has 1 fully saturated rings. The third-order valence-electron chi connectivity index (χ3n) is 7.32. The van der Waals surface area contributed by atoms with Gasteiger partial charge in [0.15, 0.2) is 0 Å². The van der Waals surface area contributed by atoms with Crippen molar-refractivity contribution in [2.75, 3.05) is 10.2 Å². The fourth-order valence-corrected chi connectivity index (χ4v) is 8.21. The number of nitrogens with zero attached hydrogens (tertiary/aromatic N) is 3. The number of nitro groups is 1. The molecule has 1 saturated heterocycles. The number of fused-ring (bicyclic) bond motifs is 2. The zero-order valence-electron chi connectivity index (χ0n) is 21.9. The normalized spacial score (nSPS) is 19.4. The van der Waals surface area contributed by atoms with Crippen LogP contribution < -0.4 is 15.1 Å². The Morgan fingerprint density at radius 3 is 2.36 bits per heavy atom. The maximum absolute atomic E-state index is 13.9. The predicted molar refractivity (Wildman–Crippen MR) is 160 cm³/mol. The molecule has 2 aliphatic heterocycles. The first kappa shape index (κ1) is 27.9. The van der Waals surface area contributed by atoms with E-state index in [1.807, 2.05) is 19.1 Å². The highest BCUT2D eigenvalue weighted by Gasteiger charge is 2.56. The van der Waals surface area contributed by atoms with Crippen molar-refractivity contribution in [3.63, 3.8) is 0 Å². The van der Waals surface area contributed by atoms with E-state index >= 15 is 0 Å². The number of nitro benzene ring substituents is 1. The number of thioether (sulfide) groups is 1. The fraction of sp³-hybridized carbons (Fsp3) is 0.172. The number of hydrogen-bond donors (Lipinski definition) is 1. The van der Waals surface area contributed by atoms with Gasteiger partial charge in [-0.05, 0) is 48.4 Å². The molecule has 0 saturated carbocycles. The summed E-state index contributed by atoms with van der Waals surface area (Å²) in [5.74, 6) is -2.87. The monoisotopic (exact) mass is 620 g/mol. The Bertz CT molecular complexity index is 1820. The van der Waals surface area contributed by atoms with E-state index in [9.17, 15) is 29.3 Å². The number of thiazole rings is 1. The van der Waals surface area contributed by atoms with Gasteiger partial charge in [0.05, 0.1) is 21.6 Å². The second kappa shape index (κ2) is 10.9. The second-order valence-electron chi connectivity index (χ2n) is 9.87. The zero-order chi connectivity index (χ0) is 29.7. The van der Waals surface area contributed by atoms with Crippen LogP contribution in [-0.4, -0.2) is 32.5 Å². The first-order valence-corrected chi connectivity index (χ1v) is 14.8. The molecule has 0 aliphatic carbocycles. The largest absolute Gasteiger partial charge is 0.324 e. The van der Waals surface area contributed by atoms with Crippen LogP contribution in [-0.2, 0) is 20.9 Å². The Kier molecular flexibility index (Phi) is 7.21. The van der Waals surface area contributed by atoms with Crippen LogP contribution in [0.3, 0.4) is 0 Å². The van der Waals surface area contributed by atoms with E-state index in [2.05, 4.69) is 5.32 Å². The number of halogens is 1. The van der Waals surface area contributed by atoms with Crippen molar-refractivity contribution >= 4 is 69.5 Å². The molecule has 0 radical (unpaired) electrons. The van der Waals surface area contributed by atoms with Crippen LogP contribution >= 0.6 is 34.7 Å². The van der Waals surface area contributed by atoms with Crippen LogP contribution in [0, 0.1) is 23.0 Å². The van der Waals surface area contributed by atoms with Crippen molar-refractivity contribution in [2.45, 2.75) is 29.7 Å². The van der Waals surface area contributed by atoms with E-state index in [0.717, 1.165) is 33.6 Å². The topological polar surface area (TPSA) is 132 Å². The summed E-state index contributed by atoms with van der Waals surface area (Å²) in [5, 5.41) is 14.0. The van der Waals surface area contributed by atoms with Gasteiger partial charge < -0.3 is 5.32 Å². The van der Waals surface area contributed by atoms with Gasteiger partial charge in [0.1, 0.15) is 11.8 Å². The molecule has 2 aliphatic rings. The molecule has 3 amide bonds. The summed E-state index contributed by atoms with van der Waals surface area (Å²) in [5.41, 5.74) is 2.24. The molecule has 42 heavy (non-hydrogen) atoms. The lowest BCUT2D eigenvalue weighted by Crippen LogP contribution is -2.33. The average Bonchev–Trinajstić information content (AvgIpc) is 3.41. The van der Waals surface area contributed by atoms with E-state index in [4.69, 9.17) is 11.6 Å². The summed E-state index contributed by atoms with van der Waals surface area (Å²) in [7, 11) is 0. The van der Waals surface area contributed by atoms with E-state index < -0.39 is 39.7 Å². The lowest BCUT2D eigenvalue weighted by atomic mass is 9.83. The number of nitrogens with one attached hydrogen (secondary N) is 1. The first-order chi connectivity index (χ1) is 20.1. The average molecular weight is 621 g/mol. The van der Waals surface area contributed by atoms with Gasteiger partial charge in [0, 0.05) is 33.6 Å². The number of para-hydroxylation sites is 1. The van der Waals surface area contributed by atoms with Gasteiger partial charge in [-0.3, -0.25) is 33.9 Å². The molecular formula is C29H21ClN4O6S2. The summed E-state index contributed by atoms with van der Waals surface area (Å²) in [6.07, 6.45) is 0. The summed E-state index contributed by atoms with van der Waals surface area (Å²) in [6.45, 7) is 1.59. The number of carbonyl (C=O) groups excluding carboxylic acids is 3.